The molecule has 2 aliphatic rings. The van der Waals surface area contributed by atoms with E-state index < -0.39 is 0 Å². The highest BCUT2D eigenvalue weighted by Crippen LogP contribution is 2.53. The Hall–Kier alpha value is -3.55. The van der Waals surface area contributed by atoms with Crippen molar-refractivity contribution in [2.45, 2.75) is 17.2 Å². The Morgan fingerprint density at radius 1 is 0.576 bits per heavy atom. The fourth-order valence-electron chi connectivity index (χ4n) is 5.33. The molecule has 0 bridgehead atoms. The summed E-state index contributed by atoms with van der Waals surface area (Å²) in [5.74, 6) is 0.515. The molecule has 0 saturated carbocycles. The number of fused-ring (bicyclic) bond motifs is 6. The van der Waals surface area contributed by atoms with E-state index in [1.807, 2.05) is 11.8 Å². The fraction of sp³-hybridized carbons (Fsp3) is 0.0625. The zero-order valence-electron chi connectivity index (χ0n) is 18.2. The minimum atomic E-state index is 0.515. The number of thioether (sulfide) groups is 1. The van der Waals surface area contributed by atoms with Gasteiger partial charge >= 0.3 is 0 Å². The summed E-state index contributed by atoms with van der Waals surface area (Å²) < 4.78 is 0. The summed E-state index contributed by atoms with van der Waals surface area (Å²) in [5.41, 5.74) is 6.78. The van der Waals surface area contributed by atoms with Gasteiger partial charge in [-0.05, 0) is 72.8 Å². The van der Waals surface area contributed by atoms with E-state index in [-0.39, 0.29) is 0 Å². The van der Waals surface area contributed by atoms with Crippen LogP contribution >= 0.6 is 11.8 Å². The summed E-state index contributed by atoms with van der Waals surface area (Å²) >= 11 is 1.93. The Bertz CT molecular complexity index is 1600. The van der Waals surface area contributed by atoms with Crippen LogP contribution in [-0.4, -0.2) is 0 Å². The van der Waals surface area contributed by atoms with Gasteiger partial charge in [-0.2, -0.15) is 0 Å². The standard InChI is InChI=1S/C32H22S/c1-2-6-27-23(5-1)13-14-26-19-24(15-17-28(26)27)21-9-11-22(12-10-21)25-16-18-32-30(20-25)29-7-3-4-8-31(29)33-32/h1-19,30H,20H2. The lowest BCUT2D eigenvalue weighted by Crippen LogP contribution is -2.01. The van der Waals surface area contributed by atoms with Crippen molar-refractivity contribution in [3.05, 3.63) is 131 Å². The van der Waals surface area contributed by atoms with Crippen molar-refractivity contribution < 1.29 is 0 Å². The van der Waals surface area contributed by atoms with Gasteiger partial charge in [-0.3, -0.25) is 0 Å². The third-order valence-corrected chi connectivity index (χ3v) is 8.32. The molecule has 0 aromatic heterocycles. The summed E-state index contributed by atoms with van der Waals surface area (Å²) in [6, 6.07) is 37.9. The van der Waals surface area contributed by atoms with Gasteiger partial charge in [-0.1, -0.05) is 115 Å². The number of hydrogen-bond donors (Lipinski definition) is 0. The van der Waals surface area contributed by atoms with Crippen LogP contribution in [0.5, 0.6) is 0 Å². The minimum absolute atomic E-state index is 0.515. The molecule has 33 heavy (non-hydrogen) atoms. The average Bonchev–Trinajstić information content (AvgIpc) is 3.26. The molecule has 0 saturated heterocycles. The molecular weight excluding hydrogens is 416 g/mol. The summed E-state index contributed by atoms with van der Waals surface area (Å²) in [7, 11) is 0. The first-order valence-corrected chi connectivity index (χ1v) is 12.3. The number of benzene rings is 5. The van der Waals surface area contributed by atoms with Crippen LogP contribution in [0, 0.1) is 0 Å². The molecule has 1 aliphatic heterocycles. The highest BCUT2D eigenvalue weighted by atomic mass is 32.2. The van der Waals surface area contributed by atoms with Crippen molar-refractivity contribution in [3.63, 3.8) is 0 Å². The van der Waals surface area contributed by atoms with E-state index in [4.69, 9.17) is 0 Å². The zero-order valence-corrected chi connectivity index (χ0v) is 19.0. The SMILES string of the molecule is C1=C(c2ccc(-c3ccc4c(ccc5ccccc54)c3)cc2)CC2C(=C1)Sc1ccccc12. The van der Waals surface area contributed by atoms with Crippen LogP contribution < -0.4 is 0 Å². The first kappa shape index (κ1) is 19.0. The molecule has 5 aromatic carbocycles. The smallest absolute Gasteiger partial charge is 0.0205 e. The molecule has 0 amide bonds. The second kappa shape index (κ2) is 7.50. The van der Waals surface area contributed by atoms with Crippen LogP contribution in [0.2, 0.25) is 0 Å². The van der Waals surface area contributed by atoms with Gasteiger partial charge < -0.3 is 0 Å². The maximum atomic E-state index is 2.33. The van der Waals surface area contributed by atoms with E-state index in [1.165, 1.54) is 59.2 Å². The number of allylic oxidation sites excluding steroid dienone is 4. The predicted molar refractivity (Wildman–Crippen MR) is 143 cm³/mol. The van der Waals surface area contributed by atoms with Gasteiger partial charge in [0.15, 0.2) is 0 Å². The first-order chi connectivity index (χ1) is 16.3. The van der Waals surface area contributed by atoms with E-state index in [1.54, 1.807) is 0 Å². The maximum Gasteiger partial charge on any atom is 0.0205 e. The van der Waals surface area contributed by atoms with E-state index in [0.29, 0.717) is 5.92 Å². The molecule has 0 N–H and O–H groups in total. The number of rotatable bonds is 2. The molecule has 156 valence electrons. The average molecular weight is 439 g/mol. The van der Waals surface area contributed by atoms with Crippen molar-refractivity contribution >= 4 is 38.9 Å². The van der Waals surface area contributed by atoms with Crippen LogP contribution in [0.4, 0.5) is 0 Å². The van der Waals surface area contributed by atoms with Gasteiger partial charge in [0.2, 0.25) is 0 Å². The van der Waals surface area contributed by atoms with Crippen LogP contribution in [-0.2, 0) is 0 Å². The molecule has 5 aromatic rings. The lowest BCUT2D eigenvalue weighted by atomic mass is 9.85. The lowest BCUT2D eigenvalue weighted by molar-refractivity contribution is 0.850. The normalized spacial score (nSPS) is 16.9. The highest BCUT2D eigenvalue weighted by Gasteiger charge is 2.30. The van der Waals surface area contributed by atoms with Gasteiger partial charge in [0, 0.05) is 10.8 Å². The van der Waals surface area contributed by atoms with Gasteiger partial charge in [-0.25, -0.2) is 0 Å². The van der Waals surface area contributed by atoms with E-state index in [2.05, 4.69) is 115 Å². The Morgan fingerprint density at radius 2 is 1.30 bits per heavy atom. The molecule has 1 heterocycles. The summed E-state index contributed by atoms with van der Waals surface area (Å²) in [6.45, 7) is 0. The Kier molecular flexibility index (Phi) is 4.31. The van der Waals surface area contributed by atoms with Crippen molar-refractivity contribution in [2.24, 2.45) is 0 Å². The zero-order chi connectivity index (χ0) is 21.8. The highest BCUT2D eigenvalue weighted by molar-refractivity contribution is 8.03. The minimum Gasteiger partial charge on any atom is -0.0936 e. The molecule has 1 unspecified atom stereocenters. The Morgan fingerprint density at radius 3 is 2.24 bits per heavy atom. The summed E-state index contributed by atoms with van der Waals surface area (Å²) in [5, 5.41) is 5.22. The molecule has 1 atom stereocenters. The molecule has 7 rings (SSSR count). The molecule has 0 radical (unpaired) electrons. The Balaban J connectivity index is 1.20. The fourth-order valence-corrected chi connectivity index (χ4v) is 6.54. The third kappa shape index (κ3) is 3.15. The van der Waals surface area contributed by atoms with E-state index in [0.717, 1.165) is 6.42 Å². The summed E-state index contributed by atoms with van der Waals surface area (Å²) in [4.78, 5) is 2.91. The van der Waals surface area contributed by atoms with Crippen LogP contribution in [0.3, 0.4) is 0 Å². The topological polar surface area (TPSA) is 0 Å². The molecule has 1 heteroatoms. The van der Waals surface area contributed by atoms with Gasteiger partial charge in [0.1, 0.15) is 0 Å². The van der Waals surface area contributed by atoms with Crippen LogP contribution in [0.15, 0.2) is 125 Å². The maximum absolute atomic E-state index is 2.33. The Labute approximate surface area is 198 Å². The largest absolute Gasteiger partial charge is 0.0936 e. The van der Waals surface area contributed by atoms with Crippen molar-refractivity contribution in [1.82, 2.24) is 0 Å². The van der Waals surface area contributed by atoms with Gasteiger partial charge in [0.25, 0.3) is 0 Å². The molecule has 0 spiro atoms. The summed E-state index contributed by atoms with van der Waals surface area (Å²) in [6.07, 6.45) is 5.73. The molecule has 0 nitrogen and oxygen atoms in total. The van der Waals surface area contributed by atoms with Crippen LogP contribution in [0.1, 0.15) is 23.5 Å². The molecule has 1 aliphatic carbocycles. The second-order valence-corrected chi connectivity index (χ2v) is 10.1. The second-order valence-electron chi connectivity index (χ2n) is 8.96. The van der Waals surface area contributed by atoms with Crippen LogP contribution in [0.25, 0.3) is 38.2 Å². The molecular formula is C32H22S. The van der Waals surface area contributed by atoms with Gasteiger partial charge in [-0.15, -0.1) is 0 Å². The third-order valence-electron chi connectivity index (χ3n) is 7.07. The van der Waals surface area contributed by atoms with Crippen molar-refractivity contribution in [3.8, 4) is 11.1 Å². The predicted octanol–water partition coefficient (Wildman–Crippen LogP) is 9.22. The van der Waals surface area contributed by atoms with Crippen molar-refractivity contribution in [2.75, 3.05) is 0 Å². The van der Waals surface area contributed by atoms with Gasteiger partial charge in [0.05, 0.1) is 0 Å². The van der Waals surface area contributed by atoms with Crippen molar-refractivity contribution in [1.29, 1.82) is 0 Å². The van der Waals surface area contributed by atoms with E-state index in [9.17, 15) is 0 Å². The van der Waals surface area contributed by atoms with E-state index >= 15 is 0 Å². The number of hydrogen-bond acceptors (Lipinski definition) is 1. The lowest BCUT2D eigenvalue weighted by Gasteiger charge is -2.20. The quantitative estimate of drug-likeness (QED) is 0.248. The molecule has 0 fully saturated rings. The monoisotopic (exact) mass is 438 g/mol. The first-order valence-electron chi connectivity index (χ1n) is 11.5.